The van der Waals surface area contributed by atoms with Gasteiger partial charge in [0.1, 0.15) is 5.75 Å². The maximum atomic E-state index is 13.7. The van der Waals surface area contributed by atoms with Crippen LogP contribution in [0, 0.1) is 11.3 Å². The summed E-state index contributed by atoms with van der Waals surface area (Å²) in [6.45, 7) is 6.23. The smallest absolute Gasteiger partial charge is 0.407 e. The fraction of sp³-hybridized carbons (Fsp3) is 0.567. The number of ether oxygens (including phenoxy) is 1. The van der Waals surface area contributed by atoms with Crippen molar-refractivity contribution in [2.24, 2.45) is 11.3 Å². The third kappa shape index (κ3) is 7.96. The monoisotopic (exact) mass is 560 g/mol. The molecule has 1 aliphatic rings. The topological polar surface area (TPSA) is 107 Å². The lowest BCUT2D eigenvalue weighted by molar-refractivity contribution is 0.0174. The molecule has 3 rings (SSSR count). The number of aliphatic hydroxyl groups is 1. The lowest BCUT2D eigenvalue weighted by Crippen LogP contribution is -2.55. The largest absolute Gasteiger partial charge is 0.497 e. The summed E-state index contributed by atoms with van der Waals surface area (Å²) in [5.41, 5.74) is 0.762. The van der Waals surface area contributed by atoms with Gasteiger partial charge in [0, 0.05) is 19.6 Å². The van der Waals surface area contributed by atoms with Crippen LogP contribution < -0.4 is 4.74 Å². The quantitative estimate of drug-likeness (QED) is 0.326. The third-order valence-corrected chi connectivity index (χ3v) is 9.80. The van der Waals surface area contributed by atoms with Crippen LogP contribution in [-0.2, 0) is 16.4 Å². The van der Waals surface area contributed by atoms with Crippen LogP contribution in [0.1, 0.15) is 58.4 Å². The number of amides is 1. The summed E-state index contributed by atoms with van der Waals surface area (Å²) in [4.78, 5) is 14.2. The van der Waals surface area contributed by atoms with Crippen molar-refractivity contribution in [2.45, 2.75) is 76.3 Å². The van der Waals surface area contributed by atoms with Crippen LogP contribution in [-0.4, -0.2) is 72.8 Å². The van der Waals surface area contributed by atoms with Crippen LogP contribution >= 0.6 is 0 Å². The van der Waals surface area contributed by atoms with E-state index < -0.39 is 28.3 Å². The maximum Gasteiger partial charge on any atom is 0.407 e. The van der Waals surface area contributed by atoms with Crippen LogP contribution in [0.5, 0.6) is 5.75 Å². The molecule has 0 radical (unpaired) electrons. The second kappa shape index (κ2) is 13.6. The predicted molar refractivity (Wildman–Crippen MR) is 152 cm³/mol. The van der Waals surface area contributed by atoms with E-state index in [9.17, 15) is 23.4 Å². The average molecular weight is 561 g/mol. The summed E-state index contributed by atoms with van der Waals surface area (Å²) < 4.78 is 33.9. The summed E-state index contributed by atoms with van der Waals surface area (Å²) >= 11 is 0. The molecular weight excluding hydrogens is 516 g/mol. The van der Waals surface area contributed by atoms with Gasteiger partial charge in [-0.2, -0.15) is 4.31 Å². The molecule has 216 valence electrons. The van der Waals surface area contributed by atoms with E-state index in [0.29, 0.717) is 12.3 Å². The molecule has 0 unspecified atom stereocenters. The zero-order valence-electron chi connectivity index (χ0n) is 23.6. The molecule has 0 aliphatic heterocycles. The highest BCUT2D eigenvalue weighted by atomic mass is 32.2. The van der Waals surface area contributed by atoms with E-state index in [2.05, 4.69) is 6.92 Å². The number of carboxylic acid groups (broad SMARTS) is 1. The molecule has 2 aromatic carbocycles. The molecule has 2 atom stereocenters. The first kappa shape index (κ1) is 30.9. The van der Waals surface area contributed by atoms with E-state index in [1.165, 1.54) is 28.4 Å². The molecular formula is C30H44N2O6S. The number of carbonyl (C=O) groups is 1. The van der Waals surface area contributed by atoms with Gasteiger partial charge in [0.25, 0.3) is 0 Å². The van der Waals surface area contributed by atoms with Crippen molar-refractivity contribution in [2.75, 3.05) is 26.7 Å². The molecule has 0 heterocycles. The number of rotatable bonds is 14. The van der Waals surface area contributed by atoms with Gasteiger partial charge < -0.3 is 19.8 Å². The molecule has 1 amide bonds. The molecule has 0 saturated heterocycles. The second-order valence-corrected chi connectivity index (χ2v) is 13.1. The van der Waals surface area contributed by atoms with Gasteiger partial charge in [-0.3, -0.25) is 0 Å². The van der Waals surface area contributed by atoms with Crippen molar-refractivity contribution in [1.82, 2.24) is 9.21 Å². The number of sulfonamides is 1. The molecule has 2 N–H and O–H groups in total. The van der Waals surface area contributed by atoms with Gasteiger partial charge in [0.05, 0.1) is 24.2 Å². The van der Waals surface area contributed by atoms with Gasteiger partial charge in [0.2, 0.25) is 10.0 Å². The number of nitrogens with zero attached hydrogens (tertiary/aromatic N) is 2. The zero-order chi connectivity index (χ0) is 28.6. The van der Waals surface area contributed by atoms with Crippen LogP contribution in [0.3, 0.4) is 0 Å². The van der Waals surface area contributed by atoms with Gasteiger partial charge in [-0.1, -0.05) is 63.9 Å². The standard InChI is InChI=1S/C30H44N2O6S/c1-5-30(17-9-10-18-30)22-32(29(34)35)27(19-24-11-7-6-8-12-24)28(33)21-31(20-23(2)3)39(36,37)26-15-13-25(38-4)14-16-26/h6-8,11-16,23,27-28,33H,5,9-10,17-22H2,1-4H3,(H,34,35)/t27-,28-/m0/s1. The SMILES string of the molecule is CCC1(CN(C(=O)O)[C@@H](Cc2ccccc2)[C@@H](O)CN(CC(C)C)S(=O)(=O)c2ccc(OC)cc2)CCCC1. The minimum Gasteiger partial charge on any atom is -0.497 e. The summed E-state index contributed by atoms with van der Waals surface area (Å²) in [6, 6.07) is 14.8. The van der Waals surface area contributed by atoms with Crippen LogP contribution in [0.2, 0.25) is 0 Å². The zero-order valence-corrected chi connectivity index (χ0v) is 24.4. The normalized spacial score (nSPS) is 16.8. The van der Waals surface area contributed by atoms with Crippen LogP contribution in [0.25, 0.3) is 0 Å². The lowest BCUT2D eigenvalue weighted by Gasteiger charge is -2.40. The molecule has 1 fully saturated rings. The maximum absolute atomic E-state index is 13.7. The predicted octanol–water partition coefficient (Wildman–Crippen LogP) is 5.26. The Morgan fingerprint density at radius 1 is 1.03 bits per heavy atom. The first-order chi connectivity index (χ1) is 18.5. The Morgan fingerprint density at radius 3 is 2.15 bits per heavy atom. The molecule has 1 saturated carbocycles. The van der Waals surface area contributed by atoms with Crippen molar-refractivity contribution in [1.29, 1.82) is 0 Å². The Balaban J connectivity index is 1.96. The van der Waals surface area contributed by atoms with E-state index in [1.807, 2.05) is 44.2 Å². The number of hydrogen-bond acceptors (Lipinski definition) is 5. The Bertz CT molecular complexity index is 1150. The first-order valence-corrected chi connectivity index (χ1v) is 15.3. The number of methoxy groups -OCH3 is 1. The molecule has 1 aliphatic carbocycles. The molecule has 0 bridgehead atoms. The van der Waals surface area contributed by atoms with E-state index in [1.54, 1.807) is 12.1 Å². The fourth-order valence-corrected chi connectivity index (χ4v) is 7.27. The van der Waals surface area contributed by atoms with Gasteiger partial charge >= 0.3 is 6.09 Å². The first-order valence-electron chi connectivity index (χ1n) is 13.9. The third-order valence-electron chi connectivity index (χ3n) is 7.95. The lowest BCUT2D eigenvalue weighted by atomic mass is 9.82. The number of benzene rings is 2. The highest BCUT2D eigenvalue weighted by molar-refractivity contribution is 7.89. The van der Waals surface area contributed by atoms with Crippen LogP contribution in [0.15, 0.2) is 59.5 Å². The Hall–Kier alpha value is -2.62. The van der Waals surface area contributed by atoms with Gasteiger partial charge in [-0.05, 0) is 66.8 Å². The summed E-state index contributed by atoms with van der Waals surface area (Å²) in [7, 11) is -2.44. The van der Waals surface area contributed by atoms with Crippen molar-refractivity contribution >= 4 is 16.1 Å². The molecule has 0 aromatic heterocycles. The van der Waals surface area contributed by atoms with Gasteiger partial charge in [-0.25, -0.2) is 13.2 Å². The van der Waals surface area contributed by atoms with Crippen molar-refractivity contribution in [3.8, 4) is 5.75 Å². The van der Waals surface area contributed by atoms with Gasteiger partial charge in [-0.15, -0.1) is 0 Å². The molecule has 8 nitrogen and oxygen atoms in total. The van der Waals surface area contributed by atoms with Crippen molar-refractivity contribution < 1.29 is 28.2 Å². The molecule has 39 heavy (non-hydrogen) atoms. The van der Waals surface area contributed by atoms with E-state index >= 15 is 0 Å². The second-order valence-electron chi connectivity index (χ2n) is 11.2. The highest BCUT2D eigenvalue weighted by Crippen LogP contribution is 2.42. The van der Waals surface area contributed by atoms with Crippen molar-refractivity contribution in [3.63, 3.8) is 0 Å². The summed E-state index contributed by atoms with van der Waals surface area (Å²) in [6.07, 6.45) is 2.85. The average Bonchev–Trinajstić information content (AvgIpc) is 3.39. The van der Waals surface area contributed by atoms with Gasteiger partial charge in [0.15, 0.2) is 0 Å². The van der Waals surface area contributed by atoms with E-state index in [4.69, 9.17) is 4.74 Å². The van der Waals surface area contributed by atoms with E-state index in [0.717, 1.165) is 37.7 Å². The highest BCUT2D eigenvalue weighted by Gasteiger charge is 2.40. The van der Waals surface area contributed by atoms with E-state index in [-0.39, 0.29) is 35.7 Å². The Labute approximate surface area is 233 Å². The summed E-state index contributed by atoms with van der Waals surface area (Å²) in [5, 5.41) is 22.0. The fourth-order valence-electron chi connectivity index (χ4n) is 5.65. The summed E-state index contributed by atoms with van der Waals surface area (Å²) in [5.74, 6) is 0.538. The Kier molecular flexibility index (Phi) is 10.8. The number of aliphatic hydroxyl groups excluding tert-OH is 1. The molecule has 2 aromatic rings. The minimum absolute atomic E-state index is 0.00442. The number of hydrogen-bond donors (Lipinski definition) is 2. The molecule has 0 spiro atoms. The Morgan fingerprint density at radius 2 is 1.64 bits per heavy atom. The minimum atomic E-state index is -3.96. The molecule has 9 heteroatoms. The van der Waals surface area contributed by atoms with Crippen LogP contribution in [0.4, 0.5) is 4.79 Å². The van der Waals surface area contributed by atoms with Crippen molar-refractivity contribution in [3.05, 3.63) is 60.2 Å².